The van der Waals surface area contributed by atoms with E-state index in [0.717, 1.165) is 25.9 Å². The largest absolute Gasteiger partial charge is 0.342 e. The van der Waals surface area contributed by atoms with E-state index in [4.69, 9.17) is 0 Å². The van der Waals surface area contributed by atoms with Gasteiger partial charge in [0.2, 0.25) is 11.8 Å². The van der Waals surface area contributed by atoms with Crippen molar-refractivity contribution in [2.45, 2.75) is 26.2 Å². The number of carbonyl (C=O) groups is 2. The Labute approximate surface area is 129 Å². The van der Waals surface area contributed by atoms with Crippen molar-refractivity contribution in [1.29, 1.82) is 0 Å². The molecule has 1 aliphatic carbocycles. The molecule has 22 heavy (non-hydrogen) atoms. The minimum Gasteiger partial charge on any atom is -0.342 e. The summed E-state index contributed by atoms with van der Waals surface area (Å²) >= 11 is 0. The maximum absolute atomic E-state index is 13.1. The van der Waals surface area contributed by atoms with E-state index in [1.807, 2.05) is 4.90 Å². The van der Waals surface area contributed by atoms with Crippen LogP contribution in [0.25, 0.3) is 0 Å². The summed E-state index contributed by atoms with van der Waals surface area (Å²) < 4.78 is 13.1. The van der Waals surface area contributed by atoms with E-state index in [1.54, 1.807) is 12.1 Å². The van der Waals surface area contributed by atoms with Gasteiger partial charge in [-0.05, 0) is 43.4 Å². The number of benzene rings is 1. The molecule has 1 aliphatic heterocycles. The van der Waals surface area contributed by atoms with Gasteiger partial charge in [-0.25, -0.2) is 4.39 Å². The summed E-state index contributed by atoms with van der Waals surface area (Å²) in [6.07, 6.45) is 2.68. The number of halogens is 1. The Morgan fingerprint density at radius 2 is 1.95 bits per heavy atom. The zero-order valence-corrected chi connectivity index (χ0v) is 12.7. The first-order valence-electron chi connectivity index (χ1n) is 7.90. The van der Waals surface area contributed by atoms with Crippen LogP contribution in [0.5, 0.6) is 0 Å². The molecule has 4 nitrogen and oxygen atoms in total. The number of likely N-dealkylation sites (tertiary alicyclic amines) is 1. The third kappa shape index (κ3) is 3.29. The predicted molar refractivity (Wildman–Crippen MR) is 81.6 cm³/mol. The molecule has 2 unspecified atom stereocenters. The Kier molecular flexibility index (Phi) is 4.14. The molecule has 2 fully saturated rings. The molecule has 0 spiro atoms. The number of rotatable bonds is 3. The van der Waals surface area contributed by atoms with Gasteiger partial charge in [0.1, 0.15) is 5.82 Å². The van der Waals surface area contributed by atoms with Gasteiger partial charge in [0.15, 0.2) is 0 Å². The fourth-order valence-electron chi connectivity index (χ4n) is 3.02. The molecule has 1 aromatic carbocycles. The van der Waals surface area contributed by atoms with Crippen LogP contribution in [0.15, 0.2) is 24.3 Å². The second-order valence-corrected chi connectivity index (χ2v) is 6.46. The van der Waals surface area contributed by atoms with E-state index < -0.39 is 0 Å². The highest BCUT2D eigenvalue weighted by Crippen LogP contribution is 2.41. The van der Waals surface area contributed by atoms with Crippen LogP contribution in [0.4, 0.5) is 10.1 Å². The van der Waals surface area contributed by atoms with Gasteiger partial charge in [-0.1, -0.05) is 13.0 Å². The molecule has 5 heteroatoms. The molecule has 2 aliphatic rings. The Morgan fingerprint density at radius 3 is 2.64 bits per heavy atom. The van der Waals surface area contributed by atoms with Crippen molar-refractivity contribution in [1.82, 2.24) is 4.90 Å². The Hall–Kier alpha value is -1.91. The highest BCUT2D eigenvalue weighted by atomic mass is 19.1. The van der Waals surface area contributed by atoms with Crippen LogP contribution in [0.3, 0.4) is 0 Å². The third-order valence-electron chi connectivity index (χ3n) is 4.63. The van der Waals surface area contributed by atoms with Crippen LogP contribution >= 0.6 is 0 Å². The average molecular weight is 304 g/mol. The summed E-state index contributed by atoms with van der Waals surface area (Å²) in [5, 5.41) is 2.69. The van der Waals surface area contributed by atoms with Crippen molar-refractivity contribution in [3.05, 3.63) is 30.1 Å². The van der Waals surface area contributed by atoms with Crippen molar-refractivity contribution in [2.75, 3.05) is 18.4 Å². The molecule has 1 N–H and O–H groups in total. The Balaban J connectivity index is 1.53. The van der Waals surface area contributed by atoms with Gasteiger partial charge in [0.25, 0.3) is 0 Å². The molecule has 1 saturated carbocycles. The lowest BCUT2D eigenvalue weighted by Gasteiger charge is -2.30. The summed E-state index contributed by atoms with van der Waals surface area (Å²) in [5.41, 5.74) is 0.440. The number of amides is 2. The van der Waals surface area contributed by atoms with Gasteiger partial charge in [-0.15, -0.1) is 0 Å². The van der Waals surface area contributed by atoms with Crippen LogP contribution in [0.1, 0.15) is 26.2 Å². The minimum atomic E-state index is -0.386. The molecule has 3 rings (SSSR count). The van der Waals surface area contributed by atoms with E-state index in [1.165, 1.54) is 12.1 Å². The number of piperidine rings is 1. The van der Waals surface area contributed by atoms with Crippen LogP contribution in [-0.2, 0) is 9.59 Å². The standard InChI is InChI=1S/C17H21FN2O2/c1-11-5-7-20(8-6-11)17(22)15-10-14(15)16(21)19-13-4-2-3-12(18)9-13/h2-4,9,11,14-15H,5-8,10H2,1H3,(H,19,21). The first kappa shape index (κ1) is 15.0. The zero-order chi connectivity index (χ0) is 15.7. The number of anilines is 1. The summed E-state index contributed by atoms with van der Waals surface area (Å²) in [6.45, 7) is 3.80. The van der Waals surface area contributed by atoms with Gasteiger partial charge in [0.05, 0.1) is 11.8 Å². The topological polar surface area (TPSA) is 49.4 Å². The lowest BCUT2D eigenvalue weighted by molar-refractivity contribution is -0.135. The van der Waals surface area contributed by atoms with Crippen LogP contribution in [-0.4, -0.2) is 29.8 Å². The van der Waals surface area contributed by atoms with E-state index >= 15 is 0 Å². The van der Waals surface area contributed by atoms with Gasteiger partial charge >= 0.3 is 0 Å². The Bertz CT molecular complexity index is 582. The smallest absolute Gasteiger partial charge is 0.228 e. The van der Waals surface area contributed by atoms with Crippen molar-refractivity contribution < 1.29 is 14.0 Å². The predicted octanol–water partition coefficient (Wildman–Crippen LogP) is 2.66. The quantitative estimate of drug-likeness (QED) is 0.933. The molecule has 0 radical (unpaired) electrons. The van der Waals surface area contributed by atoms with Gasteiger partial charge in [-0.2, -0.15) is 0 Å². The lowest BCUT2D eigenvalue weighted by atomic mass is 9.99. The van der Waals surface area contributed by atoms with Crippen molar-refractivity contribution >= 4 is 17.5 Å². The zero-order valence-electron chi connectivity index (χ0n) is 12.7. The molecular formula is C17H21FN2O2. The highest BCUT2D eigenvalue weighted by Gasteiger charge is 2.49. The Morgan fingerprint density at radius 1 is 1.23 bits per heavy atom. The SMILES string of the molecule is CC1CCN(C(=O)C2CC2C(=O)Nc2cccc(F)c2)CC1. The van der Waals surface area contributed by atoms with Crippen molar-refractivity contribution in [3.63, 3.8) is 0 Å². The van der Waals surface area contributed by atoms with Crippen LogP contribution in [0.2, 0.25) is 0 Å². The van der Waals surface area contributed by atoms with Crippen LogP contribution < -0.4 is 5.32 Å². The van der Waals surface area contributed by atoms with Gasteiger partial charge < -0.3 is 10.2 Å². The summed E-state index contributed by atoms with van der Waals surface area (Å²) in [6, 6.07) is 5.81. The van der Waals surface area contributed by atoms with E-state index in [2.05, 4.69) is 12.2 Å². The summed E-state index contributed by atoms with van der Waals surface area (Å²) in [4.78, 5) is 26.4. The minimum absolute atomic E-state index is 0.103. The van der Waals surface area contributed by atoms with Gasteiger partial charge in [-0.3, -0.25) is 9.59 Å². The van der Waals surface area contributed by atoms with E-state index in [9.17, 15) is 14.0 Å². The molecule has 118 valence electrons. The molecule has 1 saturated heterocycles. The first-order valence-corrected chi connectivity index (χ1v) is 7.90. The molecule has 2 amide bonds. The van der Waals surface area contributed by atoms with Crippen molar-refractivity contribution in [2.24, 2.45) is 17.8 Å². The van der Waals surface area contributed by atoms with Crippen LogP contribution in [0, 0.1) is 23.6 Å². The molecule has 0 bridgehead atoms. The molecule has 0 aromatic heterocycles. The maximum atomic E-state index is 13.1. The van der Waals surface area contributed by atoms with Crippen molar-refractivity contribution in [3.8, 4) is 0 Å². The third-order valence-corrected chi connectivity index (χ3v) is 4.63. The lowest BCUT2D eigenvalue weighted by Crippen LogP contribution is -2.39. The molecular weight excluding hydrogens is 283 g/mol. The van der Waals surface area contributed by atoms with E-state index in [-0.39, 0.29) is 29.5 Å². The highest BCUT2D eigenvalue weighted by molar-refractivity contribution is 5.99. The number of nitrogens with one attached hydrogen (secondary N) is 1. The fourth-order valence-corrected chi connectivity index (χ4v) is 3.02. The second kappa shape index (κ2) is 6.07. The normalized spacial score (nSPS) is 24.9. The number of nitrogens with zero attached hydrogens (tertiary/aromatic N) is 1. The molecule has 1 heterocycles. The number of hydrogen-bond donors (Lipinski definition) is 1. The summed E-state index contributed by atoms with van der Waals surface area (Å²) in [5.74, 6) is -0.253. The van der Waals surface area contributed by atoms with Gasteiger partial charge in [0, 0.05) is 18.8 Å². The monoisotopic (exact) mass is 304 g/mol. The summed E-state index contributed by atoms with van der Waals surface area (Å²) in [7, 11) is 0. The first-order chi connectivity index (χ1) is 10.5. The second-order valence-electron chi connectivity index (χ2n) is 6.46. The fraction of sp³-hybridized carbons (Fsp3) is 0.529. The van der Waals surface area contributed by atoms with E-state index in [0.29, 0.717) is 18.0 Å². The molecule has 2 atom stereocenters. The maximum Gasteiger partial charge on any atom is 0.228 e. The number of hydrogen-bond acceptors (Lipinski definition) is 2. The average Bonchev–Trinajstić information content (AvgIpc) is 3.28. The molecule has 1 aromatic rings. The number of carbonyl (C=O) groups excluding carboxylic acids is 2.